The van der Waals surface area contributed by atoms with E-state index in [4.69, 9.17) is 9.15 Å². The molecule has 1 aromatic carbocycles. The number of nitrogens with zero attached hydrogens (tertiary/aromatic N) is 2. The summed E-state index contributed by atoms with van der Waals surface area (Å²) in [5.74, 6) is 0.257. The standard InChI is InChI=1S/C17H17N3O4/c1-23-12-3-4-13-14(10-16(21)24-15(13)9-12)17(22)19-5-2-7-20-8-6-18-11-20/h3-4,6,8-11H,2,5,7H2,1H3,(H,19,22). The number of methoxy groups -OCH3 is 1. The molecule has 0 aliphatic rings. The van der Waals surface area contributed by atoms with Crippen molar-refractivity contribution in [1.29, 1.82) is 0 Å². The average Bonchev–Trinajstić information content (AvgIpc) is 3.10. The Morgan fingerprint density at radius 1 is 1.38 bits per heavy atom. The monoisotopic (exact) mass is 327 g/mol. The van der Waals surface area contributed by atoms with Gasteiger partial charge in [0.05, 0.1) is 19.0 Å². The maximum absolute atomic E-state index is 12.4. The van der Waals surface area contributed by atoms with Crippen LogP contribution in [-0.2, 0) is 6.54 Å². The minimum absolute atomic E-state index is 0.298. The first kappa shape index (κ1) is 15.8. The lowest BCUT2D eigenvalue weighted by molar-refractivity contribution is 0.0953. The highest BCUT2D eigenvalue weighted by Crippen LogP contribution is 2.22. The molecule has 0 fully saturated rings. The maximum Gasteiger partial charge on any atom is 0.337 e. The molecule has 0 bridgehead atoms. The van der Waals surface area contributed by atoms with Gasteiger partial charge in [0.2, 0.25) is 0 Å². The zero-order valence-corrected chi connectivity index (χ0v) is 13.2. The van der Waals surface area contributed by atoms with E-state index in [1.807, 2.05) is 10.8 Å². The summed E-state index contributed by atoms with van der Waals surface area (Å²) in [6, 6.07) is 6.22. The third kappa shape index (κ3) is 3.45. The molecule has 0 unspecified atom stereocenters. The van der Waals surface area contributed by atoms with Crippen LogP contribution in [0.2, 0.25) is 0 Å². The molecule has 7 heteroatoms. The van der Waals surface area contributed by atoms with Crippen molar-refractivity contribution in [3.63, 3.8) is 0 Å². The number of carbonyl (C=O) groups is 1. The summed E-state index contributed by atoms with van der Waals surface area (Å²) >= 11 is 0. The van der Waals surface area contributed by atoms with Crippen LogP contribution in [0.4, 0.5) is 0 Å². The molecule has 1 N–H and O–H groups in total. The summed E-state index contributed by atoms with van der Waals surface area (Å²) in [5.41, 5.74) is 0.0521. The molecule has 2 aromatic heterocycles. The SMILES string of the molecule is COc1ccc2c(C(=O)NCCCn3ccnc3)cc(=O)oc2c1. The smallest absolute Gasteiger partial charge is 0.337 e. The molecule has 3 rings (SSSR count). The molecule has 0 radical (unpaired) electrons. The van der Waals surface area contributed by atoms with Gasteiger partial charge in [-0.15, -0.1) is 0 Å². The molecule has 0 saturated heterocycles. The zero-order chi connectivity index (χ0) is 16.9. The van der Waals surface area contributed by atoms with E-state index in [1.165, 1.54) is 13.2 Å². The Morgan fingerprint density at radius 2 is 2.25 bits per heavy atom. The van der Waals surface area contributed by atoms with E-state index >= 15 is 0 Å². The number of fused-ring (bicyclic) bond motifs is 1. The molecular weight excluding hydrogens is 310 g/mol. The van der Waals surface area contributed by atoms with Gasteiger partial charge in [0, 0.05) is 43.0 Å². The van der Waals surface area contributed by atoms with Crippen molar-refractivity contribution in [2.24, 2.45) is 0 Å². The first-order valence-electron chi connectivity index (χ1n) is 7.53. The van der Waals surface area contributed by atoms with Gasteiger partial charge in [0.1, 0.15) is 11.3 Å². The van der Waals surface area contributed by atoms with Crippen molar-refractivity contribution in [3.05, 3.63) is 59.0 Å². The molecule has 0 atom stereocenters. The Hall–Kier alpha value is -3.09. The van der Waals surface area contributed by atoms with E-state index in [0.29, 0.717) is 28.8 Å². The number of hydrogen-bond donors (Lipinski definition) is 1. The van der Waals surface area contributed by atoms with Gasteiger partial charge in [-0.3, -0.25) is 4.79 Å². The predicted molar refractivity (Wildman–Crippen MR) is 88.2 cm³/mol. The molecule has 1 amide bonds. The van der Waals surface area contributed by atoms with E-state index in [0.717, 1.165) is 13.0 Å². The highest BCUT2D eigenvalue weighted by molar-refractivity contribution is 6.05. The van der Waals surface area contributed by atoms with Crippen molar-refractivity contribution in [2.75, 3.05) is 13.7 Å². The minimum atomic E-state index is -0.570. The second-order valence-electron chi connectivity index (χ2n) is 5.25. The van der Waals surface area contributed by atoms with Gasteiger partial charge in [-0.25, -0.2) is 9.78 Å². The summed E-state index contributed by atoms with van der Waals surface area (Å²) in [5, 5.41) is 3.40. The van der Waals surface area contributed by atoms with Crippen LogP contribution in [0, 0.1) is 0 Å². The fourth-order valence-electron chi connectivity index (χ4n) is 2.44. The van der Waals surface area contributed by atoms with Gasteiger partial charge in [0.15, 0.2) is 0 Å². The number of aromatic nitrogens is 2. The van der Waals surface area contributed by atoms with Crippen molar-refractivity contribution < 1.29 is 13.9 Å². The molecule has 24 heavy (non-hydrogen) atoms. The van der Waals surface area contributed by atoms with E-state index < -0.39 is 5.63 Å². The number of nitrogens with one attached hydrogen (secondary N) is 1. The number of hydrogen-bond acceptors (Lipinski definition) is 5. The number of imidazole rings is 1. The van der Waals surface area contributed by atoms with Crippen molar-refractivity contribution in [3.8, 4) is 5.75 Å². The van der Waals surface area contributed by atoms with Gasteiger partial charge in [-0.05, 0) is 18.6 Å². The topological polar surface area (TPSA) is 86.4 Å². The lowest BCUT2D eigenvalue weighted by Gasteiger charge is -2.08. The average molecular weight is 327 g/mol. The maximum atomic E-state index is 12.4. The number of amides is 1. The first-order valence-corrected chi connectivity index (χ1v) is 7.53. The predicted octanol–water partition coefficient (Wildman–Crippen LogP) is 1.82. The molecule has 0 saturated carbocycles. The van der Waals surface area contributed by atoms with Crippen LogP contribution in [0.15, 0.2) is 52.2 Å². The van der Waals surface area contributed by atoms with E-state index in [1.54, 1.807) is 30.7 Å². The van der Waals surface area contributed by atoms with Crippen molar-refractivity contribution in [1.82, 2.24) is 14.9 Å². The molecule has 0 aliphatic heterocycles. The highest BCUT2D eigenvalue weighted by atomic mass is 16.5. The van der Waals surface area contributed by atoms with Crippen molar-refractivity contribution >= 4 is 16.9 Å². The lowest BCUT2D eigenvalue weighted by atomic mass is 10.1. The van der Waals surface area contributed by atoms with Crippen LogP contribution in [0.1, 0.15) is 16.8 Å². The van der Waals surface area contributed by atoms with Crippen LogP contribution in [0.25, 0.3) is 11.0 Å². The van der Waals surface area contributed by atoms with Gasteiger partial charge in [-0.2, -0.15) is 0 Å². The molecule has 124 valence electrons. The highest BCUT2D eigenvalue weighted by Gasteiger charge is 2.13. The van der Waals surface area contributed by atoms with Gasteiger partial charge in [-0.1, -0.05) is 0 Å². The van der Waals surface area contributed by atoms with Crippen LogP contribution < -0.4 is 15.7 Å². The second-order valence-corrected chi connectivity index (χ2v) is 5.25. The summed E-state index contributed by atoms with van der Waals surface area (Å²) in [7, 11) is 1.52. The third-order valence-corrected chi connectivity index (χ3v) is 3.63. The Bertz CT molecular complexity index is 900. The number of rotatable bonds is 6. The van der Waals surface area contributed by atoms with E-state index in [2.05, 4.69) is 10.3 Å². The largest absolute Gasteiger partial charge is 0.497 e. The Kier molecular flexibility index (Phi) is 4.60. The van der Waals surface area contributed by atoms with Crippen LogP contribution in [-0.4, -0.2) is 29.1 Å². The Labute approximate surface area is 137 Å². The molecular formula is C17H17N3O4. The zero-order valence-electron chi connectivity index (χ0n) is 13.2. The van der Waals surface area contributed by atoms with Crippen LogP contribution in [0.5, 0.6) is 5.75 Å². The molecule has 2 heterocycles. The third-order valence-electron chi connectivity index (χ3n) is 3.63. The second kappa shape index (κ2) is 6.99. The summed E-state index contributed by atoms with van der Waals surface area (Å²) in [6.45, 7) is 1.25. The minimum Gasteiger partial charge on any atom is -0.497 e. The molecule has 3 aromatic rings. The van der Waals surface area contributed by atoms with E-state index in [9.17, 15) is 9.59 Å². The summed E-state index contributed by atoms with van der Waals surface area (Å²) in [6.07, 6.45) is 6.06. The number of ether oxygens (including phenoxy) is 1. The quantitative estimate of drug-likeness (QED) is 0.551. The number of benzene rings is 1. The first-order chi connectivity index (χ1) is 11.7. The lowest BCUT2D eigenvalue weighted by Crippen LogP contribution is -2.26. The van der Waals surface area contributed by atoms with E-state index in [-0.39, 0.29) is 5.91 Å². The summed E-state index contributed by atoms with van der Waals surface area (Å²) < 4.78 is 12.2. The number of carbonyl (C=O) groups excluding carboxylic acids is 1. The summed E-state index contributed by atoms with van der Waals surface area (Å²) in [4.78, 5) is 28.0. The van der Waals surface area contributed by atoms with Gasteiger partial charge >= 0.3 is 5.63 Å². The van der Waals surface area contributed by atoms with Crippen LogP contribution in [0.3, 0.4) is 0 Å². The van der Waals surface area contributed by atoms with Crippen molar-refractivity contribution in [2.45, 2.75) is 13.0 Å². The Morgan fingerprint density at radius 3 is 3.00 bits per heavy atom. The number of aryl methyl sites for hydroxylation is 1. The fraction of sp³-hybridized carbons (Fsp3) is 0.235. The molecule has 7 nitrogen and oxygen atoms in total. The fourth-order valence-corrected chi connectivity index (χ4v) is 2.44. The Balaban J connectivity index is 1.73. The van der Waals surface area contributed by atoms with Gasteiger partial charge in [0.25, 0.3) is 5.91 Å². The van der Waals surface area contributed by atoms with Crippen LogP contribution >= 0.6 is 0 Å². The normalized spacial score (nSPS) is 10.7. The molecule has 0 spiro atoms. The molecule has 0 aliphatic carbocycles. The van der Waals surface area contributed by atoms with Gasteiger partial charge < -0.3 is 19.0 Å².